The van der Waals surface area contributed by atoms with Crippen molar-refractivity contribution in [1.82, 2.24) is 5.43 Å². The fourth-order valence-electron chi connectivity index (χ4n) is 0.0744. The van der Waals surface area contributed by atoms with Gasteiger partial charge < -0.3 is 0 Å². The summed E-state index contributed by atoms with van der Waals surface area (Å²) in [6.45, 7) is 2.82. The van der Waals surface area contributed by atoms with Gasteiger partial charge in [-0.15, -0.1) is 4.91 Å². The van der Waals surface area contributed by atoms with Gasteiger partial charge in [0.15, 0.2) is 0 Å². The number of nitrogens with zero attached hydrogens (tertiary/aromatic N) is 2. The van der Waals surface area contributed by atoms with Crippen LogP contribution in [-0.4, -0.2) is 12.7 Å². The van der Waals surface area contributed by atoms with E-state index in [9.17, 15) is 4.79 Å². The predicted molar refractivity (Wildman–Crippen MR) is 23.9 cm³/mol. The average Bonchev–Trinajstić information content (AvgIpc) is 1.68. The molecule has 0 aromatic heterocycles. The summed E-state index contributed by atoms with van der Waals surface area (Å²) < 4.78 is 0. The maximum Gasteiger partial charge on any atom is 0.363 e. The minimum Gasteiger partial charge on any atom is -0.244 e. The molecule has 0 aromatic rings. The summed E-state index contributed by atoms with van der Waals surface area (Å²) >= 11 is 0. The Morgan fingerprint density at radius 3 is 2.43 bits per heavy atom. The molecule has 1 N–H and O–H groups in total. The second kappa shape index (κ2) is 2.95. The number of hydrogen-bond acceptors (Lipinski definition) is 3. The third-order valence-corrected chi connectivity index (χ3v) is 0.285. The van der Waals surface area contributed by atoms with Crippen LogP contribution >= 0.6 is 0 Å². The van der Waals surface area contributed by atoms with Crippen molar-refractivity contribution in [2.75, 3.05) is 0 Å². The minimum absolute atomic E-state index is 0.838. The van der Waals surface area contributed by atoms with Gasteiger partial charge in [0.25, 0.3) is 0 Å². The summed E-state index contributed by atoms with van der Waals surface area (Å²) in [7, 11) is 0. The highest BCUT2D eigenvalue weighted by Crippen LogP contribution is 1.65. The first-order valence-electron chi connectivity index (χ1n) is 1.40. The Bertz CT molecular complexity index is 99.1. The quantitative estimate of drug-likeness (QED) is 0.288. The second-order valence-electron chi connectivity index (χ2n) is 0.666. The van der Waals surface area contributed by atoms with E-state index in [4.69, 9.17) is 4.91 Å². The van der Waals surface area contributed by atoms with Gasteiger partial charge in [0.2, 0.25) is 0 Å². The summed E-state index contributed by atoms with van der Waals surface area (Å²) in [5.41, 5.74) is 1.50. The van der Waals surface area contributed by atoms with Crippen molar-refractivity contribution in [3.05, 3.63) is 4.91 Å². The Morgan fingerprint density at radius 1 is 1.71 bits per heavy atom. The van der Waals surface area contributed by atoms with Crippen molar-refractivity contribution < 1.29 is 4.79 Å². The number of rotatable bonds is 1. The van der Waals surface area contributed by atoms with Crippen LogP contribution in [0.5, 0.6) is 0 Å². The average molecular weight is 101 g/mol. The summed E-state index contributed by atoms with van der Waals surface area (Å²) in [6, 6.07) is -0.838. The van der Waals surface area contributed by atoms with Crippen molar-refractivity contribution in [2.45, 2.75) is 0 Å². The Kier molecular flexibility index (Phi) is 2.42. The highest BCUT2D eigenvalue weighted by Gasteiger charge is 1.87. The topological polar surface area (TPSA) is 70.9 Å². The molecule has 0 rings (SSSR count). The van der Waals surface area contributed by atoms with Gasteiger partial charge in [-0.05, 0) is 6.72 Å². The molecule has 0 saturated heterocycles. The number of hydrogen-bond donors (Lipinski definition) is 1. The summed E-state index contributed by atoms with van der Waals surface area (Å²) in [5, 5.41) is 2.02. The smallest absolute Gasteiger partial charge is 0.244 e. The highest BCUT2D eigenvalue weighted by molar-refractivity contribution is 5.78. The van der Waals surface area contributed by atoms with Crippen molar-refractivity contribution in [3.8, 4) is 0 Å². The van der Waals surface area contributed by atoms with Crippen molar-refractivity contribution in [3.63, 3.8) is 0 Å². The van der Waals surface area contributed by atoms with E-state index in [0.29, 0.717) is 0 Å². The van der Waals surface area contributed by atoms with Crippen molar-refractivity contribution in [1.29, 1.82) is 0 Å². The van der Waals surface area contributed by atoms with Crippen LogP contribution in [0.3, 0.4) is 0 Å². The van der Waals surface area contributed by atoms with E-state index in [0.717, 1.165) is 0 Å². The Labute approximate surface area is 39.4 Å². The summed E-state index contributed by atoms with van der Waals surface area (Å²) in [5.74, 6) is 0. The van der Waals surface area contributed by atoms with Gasteiger partial charge in [0.1, 0.15) is 0 Å². The third-order valence-electron chi connectivity index (χ3n) is 0.285. The zero-order chi connectivity index (χ0) is 5.70. The van der Waals surface area contributed by atoms with E-state index in [1.54, 1.807) is 0 Å². The zero-order valence-corrected chi connectivity index (χ0v) is 3.42. The lowest BCUT2D eigenvalue weighted by Crippen LogP contribution is -2.09. The van der Waals surface area contributed by atoms with Gasteiger partial charge in [-0.3, -0.25) is 0 Å². The van der Waals surface area contributed by atoms with Crippen LogP contribution in [0.2, 0.25) is 0 Å². The first kappa shape index (κ1) is 5.74. The Hall–Kier alpha value is -1.26. The number of carbonyl (C=O) groups excluding carboxylic acids is 1. The number of nitroso groups, excluding NO2 is 1. The largest absolute Gasteiger partial charge is 0.363 e. The lowest BCUT2D eigenvalue weighted by Gasteiger charge is -1.79. The molecule has 0 spiro atoms. The van der Waals surface area contributed by atoms with Gasteiger partial charge >= 0.3 is 6.03 Å². The Morgan fingerprint density at radius 2 is 2.29 bits per heavy atom. The molecule has 0 saturated carbocycles. The molecule has 5 nitrogen and oxygen atoms in total. The summed E-state index contributed by atoms with van der Waals surface area (Å²) in [4.78, 5) is 21.7. The maximum absolute atomic E-state index is 9.78. The Balaban J connectivity index is 3.36. The lowest BCUT2D eigenvalue weighted by atomic mass is 11.1. The standard InChI is InChI=1S/C2H3N3O2/c1-3-2(6)4-5-7/h1H2,(H,4,6,7). The van der Waals surface area contributed by atoms with Crippen LogP contribution in [-0.2, 0) is 0 Å². The van der Waals surface area contributed by atoms with E-state index >= 15 is 0 Å². The molecule has 0 bridgehead atoms. The van der Waals surface area contributed by atoms with Crippen LogP contribution in [0.15, 0.2) is 10.3 Å². The SMILES string of the molecule is C=NC(=O)NN=O. The van der Waals surface area contributed by atoms with Crippen LogP contribution in [0.1, 0.15) is 0 Å². The molecule has 0 aliphatic carbocycles. The molecule has 0 heterocycles. The molecule has 7 heavy (non-hydrogen) atoms. The van der Waals surface area contributed by atoms with E-state index in [-0.39, 0.29) is 0 Å². The first-order chi connectivity index (χ1) is 3.31. The molecule has 38 valence electrons. The van der Waals surface area contributed by atoms with Crippen molar-refractivity contribution in [2.24, 2.45) is 10.3 Å². The van der Waals surface area contributed by atoms with E-state index in [2.05, 4.69) is 11.7 Å². The zero-order valence-electron chi connectivity index (χ0n) is 3.42. The van der Waals surface area contributed by atoms with Crippen LogP contribution < -0.4 is 5.43 Å². The predicted octanol–water partition coefficient (Wildman–Crippen LogP) is 0.0780. The second-order valence-corrected chi connectivity index (χ2v) is 0.666. The molecular formula is C2H3N3O2. The van der Waals surface area contributed by atoms with E-state index in [1.807, 2.05) is 5.29 Å². The third kappa shape index (κ3) is 2.54. The normalized spacial score (nSPS) is 6.86. The number of carbonyl (C=O) groups is 1. The molecular weight excluding hydrogens is 98.0 g/mol. The van der Waals surface area contributed by atoms with Crippen molar-refractivity contribution >= 4 is 12.7 Å². The van der Waals surface area contributed by atoms with Gasteiger partial charge in [-0.25, -0.2) is 9.79 Å². The van der Waals surface area contributed by atoms with Crippen LogP contribution in [0.25, 0.3) is 0 Å². The number of amides is 2. The lowest BCUT2D eigenvalue weighted by molar-refractivity contribution is 0.250. The molecule has 0 atom stereocenters. The van der Waals surface area contributed by atoms with Gasteiger partial charge in [-0.1, -0.05) is 0 Å². The molecule has 5 heteroatoms. The first-order valence-corrected chi connectivity index (χ1v) is 1.40. The monoisotopic (exact) mass is 101 g/mol. The number of aliphatic imine (C=N–C) groups is 1. The maximum atomic E-state index is 9.78. The fraction of sp³-hybridized carbons (Fsp3) is 0. The van der Waals surface area contributed by atoms with Gasteiger partial charge in [-0.2, -0.15) is 5.43 Å². The molecule has 0 radical (unpaired) electrons. The highest BCUT2D eigenvalue weighted by atomic mass is 16.3. The van der Waals surface area contributed by atoms with Crippen LogP contribution in [0, 0.1) is 4.91 Å². The fourth-order valence-corrected chi connectivity index (χ4v) is 0.0744. The number of nitrogens with one attached hydrogen (secondary N) is 1. The molecule has 0 aliphatic rings. The molecule has 0 unspecified atom stereocenters. The van der Waals surface area contributed by atoms with Gasteiger partial charge in [0, 0.05) is 0 Å². The van der Waals surface area contributed by atoms with Gasteiger partial charge in [0.05, 0.1) is 5.29 Å². The van der Waals surface area contributed by atoms with E-state index in [1.165, 1.54) is 5.43 Å². The molecule has 0 aliphatic heterocycles. The van der Waals surface area contributed by atoms with Crippen LogP contribution in [0.4, 0.5) is 4.79 Å². The minimum atomic E-state index is -0.838. The molecule has 0 aromatic carbocycles. The molecule has 0 fully saturated rings. The number of urea groups is 1. The molecule has 2 amide bonds. The summed E-state index contributed by atoms with van der Waals surface area (Å²) in [6.07, 6.45) is 0. The van der Waals surface area contributed by atoms with E-state index < -0.39 is 6.03 Å².